The molecule has 168 valence electrons. The number of rotatable bonds is 4. The molecule has 1 amide bonds. The SMILES string of the molecule is Cc1ccc(-n2ncc3c(=O)n4c(nc32)SCC4CC(=O)Nc2ccc(Br)cc2C)c(C)c1. The maximum absolute atomic E-state index is 13.4. The van der Waals surface area contributed by atoms with Crippen LogP contribution in [0.5, 0.6) is 0 Å². The summed E-state index contributed by atoms with van der Waals surface area (Å²) in [7, 11) is 0. The van der Waals surface area contributed by atoms with Gasteiger partial charge in [0.05, 0.1) is 17.9 Å². The Hall–Kier alpha value is -2.91. The average Bonchev–Trinajstić information content (AvgIpc) is 3.35. The Labute approximate surface area is 203 Å². The molecule has 0 saturated heterocycles. The summed E-state index contributed by atoms with van der Waals surface area (Å²) in [4.78, 5) is 30.9. The Balaban J connectivity index is 1.45. The van der Waals surface area contributed by atoms with Gasteiger partial charge in [-0.1, -0.05) is 45.4 Å². The van der Waals surface area contributed by atoms with Crippen molar-refractivity contribution < 1.29 is 4.79 Å². The van der Waals surface area contributed by atoms with Gasteiger partial charge in [-0.05, 0) is 56.2 Å². The molecule has 0 radical (unpaired) electrons. The highest BCUT2D eigenvalue weighted by Gasteiger charge is 2.29. The van der Waals surface area contributed by atoms with Crippen LogP contribution >= 0.6 is 27.7 Å². The molecule has 5 rings (SSSR count). The first-order valence-corrected chi connectivity index (χ1v) is 12.4. The Morgan fingerprint density at radius 1 is 1.18 bits per heavy atom. The van der Waals surface area contributed by atoms with Crippen LogP contribution in [-0.2, 0) is 4.79 Å². The highest BCUT2D eigenvalue weighted by atomic mass is 79.9. The second-order valence-electron chi connectivity index (χ2n) is 8.33. The van der Waals surface area contributed by atoms with E-state index in [1.54, 1.807) is 15.4 Å². The van der Waals surface area contributed by atoms with Crippen LogP contribution in [0.25, 0.3) is 16.7 Å². The van der Waals surface area contributed by atoms with Gasteiger partial charge in [0.25, 0.3) is 5.56 Å². The van der Waals surface area contributed by atoms with Gasteiger partial charge in [-0.15, -0.1) is 0 Å². The highest BCUT2D eigenvalue weighted by molar-refractivity contribution is 9.10. The zero-order valence-corrected chi connectivity index (χ0v) is 20.8. The zero-order chi connectivity index (χ0) is 23.3. The van der Waals surface area contributed by atoms with Crippen molar-refractivity contribution in [3.05, 3.63) is 74.1 Å². The molecular formula is C24H22BrN5O2S. The third-order valence-corrected chi connectivity index (χ3v) is 7.43. The molecule has 1 aliphatic heterocycles. The number of aromatic nitrogens is 4. The van der Waals surface area contributed by atoms with E-state index in [0.717, 1.165) is 32.5 Å². The number of anilines is 1. The van der Waals surface area contributed by atoms with E-state index in [-0.39, 0.29) is 23.9 Å². The maximum atomic E-state index is 13.4. The van der Waals surface area contributed by atoms with E-state index < -0.39 is 0 Å². The Kier molecular flexibility index (Phi) is 5.62. The van der Waals surface area contributed by atoms with Gasteiger partial charge in [0.15, 0.2) is 10.8 Å². The summed E-state index contributed by atoms with van der Waals surface area (Å²) in [6, 6.07) is 11.6. The molecule has 1 N–H and O–H groups in total. The van der Waals surface area contributed by atoms with Crippen molar-refractivity contribution in [1.29, 1.82) is 0 Å². The first-order chi connectivity index (χ1) is 15.8. The Morgan fingerprint density at radius 2 is 2.00 bits per heavy atom. The van der Waals surface area contributed by atoms with E-state index in [2.05, 4.69) is 32.4 Å². The van der Waals surface area contributed by atoms with Crippen molar-refractivity contribution in [2.24, 2.45) is 0 Å². The molecule has 0 bridgehead atoms. The second kappa shape index (κ2) is 8.46. The summed E-state index contributed by atoms with van der Waals surface area (Å²) in [5.74, 6) is 0.496. The number of hydrogen-bond donors (Lipinski definition) is 1. The van der Waals surface area contributed by atoms with E-state index in [4.69, 9.17) is 4.98 Å². The van der Waals surface area contributed by atoms with E-state index in [0.29, 0.717) is 21.9 Å². The van der Waals surface area contributed by atoms with Crippen LogP contribution in [0.1, 0.15) is 29.2 Å². The predicted molar refractivity (Wildman–Crippen MR) is 134 cm³/mol. The van der Waals surface area contributed by atoms with Crippen LogP contribution in [0.4, 0.5) is 5.69 Å². The van der Waals surface area contributed by atoms with Crippen molar-refractivity contribution in [1.82, 2.24) is 19.3 Å². The largest absolute Gasteiger partial charge is 0.326 e. The quantitative estimate of drug-likeness (QED) is 0.383. The Bertz CT molecular complexity index is 1480. The fourth-order valence-corrected chi connectivity index (χ4v) is 5.79. The van der Waals surface area contributed by atoms with Crippen molar-refractivity contribution in [3.8, 4) is 5.69 Å². The van der Waals surface area contributed by atoms with Gasteiger partial charge < -0.3 is 5.32 Å². The number of carbonyl (C=O) groups excluding carboxylic acids is 1. The fourth-order valence-electron chi connectivity index (χ4n) is 4.18. The Morgan fingerprint density at radius 3 is 2.76 bits per heavy atom. The molecule has 7 nitrogen and oxygen atoms in total. The second-order valence-corrected chi connectivity index (χ2v) is 10.2. The molecule has 33 heavy (non-hydrogen) atoms. The van der Waals surface area contributed by atoms with Crippen molar-refractivity contribution >= 4 is 50.3 Å². The lowest BCUT2D eigenvalue weighted by Crippen LogP contribution is -2.27. The summed E-state index contributed by atoms with van der Waals surface area (Å²) < 4.78 is 4.33. The van der Waals surface area contributed by atoms with Gasteiger partial charge in [-0.25, -0.2) is 9.67 Å². The number of nitrogens with one attached hydrogen (secondary N) is 1. The van der Waals surface area contributed by atoms with Crippen LogP contribution in [0, 0.1) is 20.8 Å². The number of fused-ring (bicyclic) bond motifs is 2. The number of aryl methyl sites for hydroxylation is 3. The van der Waals surface area contributed by atoms with E-state index in [1.807, 2.05) is 51.1 Å². The zero-order valence-electron chi connectivity index (χ0n) is 18.4. The van der Waals surface area contributed by atoms with Crippen molar-refractivity contribution in [2.45, 2.75) is 38.4 Å². The summed E-state index contributed by atoms with van der Waals surface area (Å²) >= 11 is 4.93. The summed E-state index contributed by atoms with van der Waals surface area (Å²) in [5.41, 5.74) is 5.25. The molecule has 1 atom stereocenters. The minimum atomic E-state index is -0.255. The molecule has 4 aromatic rings. The lowest BCUT2D eigenvalue weighted by molar-refractivity contribution is -0.116. The van der Waals surface area contributed by atoms with E-state index >= 15 is 0 Å². The van der Waals surface area contributed by atoms with Crippen LogP contribution in [0.3, 0.4) is 0 Å². The maximum Gasteiger partial charge on any atom is 0.265 e. The first kappa shape index (κ1) is 21.9. The minimum absolute atomic E-state index is 0.128. The normalized spacial score (nSPS) is 15.1. The summed E-state index contributed by atoms with van der Waals surface area (Å²) in [5, 5.41) is 8.51. The molecule has 0 aliphatic carbocycles. The van der Waals surface area contributed by atoms with Gasteiger partial charge in [0, 0.05) is 22.3 Å². The van der Waals surface area contributed by atoms with Gasteiger partial charge in [-0.2, -0.15) is 5.10 Å². The number of halogens is 1. The van der Waals surface area contributed by atoms with Gasteiger partial charge in [0.2, 0.25) is 5.91 Å². The van der Waals surface area contributed by atoms with Gasteiger partial charge >= 0.3 is 0 Å². The van der Waals surface area contributed by atoms with E-state index in [1.165, 1.54) is 11.8 Å². The van der Waals surface area contributed by atoms with Crippen LogP contribution in [0.15, 0.2) is 57.0 Å². The molecule has 9 heteroatoms. The molecule has 0 fully saturated rings. The lowest BCUT2D eigenvalue weighted by Gasteiger charge is -2.14. The molecule has 3 heterocycles. The third kappa shape index (κ3) is 4.00. The number of benzene rings is 2. The van der Waals surface area contributed by atoms with Crippen LogP contribution in [-0.4, -0.2) is 31.0 Å². The molecule has 0 saturated carbocycles. The van der Waals surface area contributed by atoms with Crippen LogP contribution in [0.2, 0.25) is 0 Å². The first-order valence-electron chi connectivity index (χ1n) is 10.6. The standard InChI is InChI=1S/C24H22BrN5O2S/c1-13-4-7-20(15(3)8-13)30-22-18(11-26-30)23(32)29-17(12-33-24(29)28-22)10-21(31)27-19-6-5-16(25)9-14(19)2/h4-9,11,17H,10,12H2,1-3H3,(H,27,31). The molecule has 1 aliphatic rings. The number of hydrogen-bond acceptors (Lipinski definition) is 5. The number of nitrogens with zero attached hydrogens (tertiary/aromatic N) is 4. The van der Waals surface area contributed by atoms with Crippen molar-refractivity contribution in [2.75, 3.05) is 11.1 Å². The van der Waals surface area contributed by atoms with Gasteiger partial charge in [-0.3, -0.25) is 14.2 Å². The molecular weight excluding hydrogens is 502 g/mol. The highest BCUT2D eigenvalue weighted by Crippen LogP contribution is 2.34. The summed E-state index contributed by atoms with van der Waals surface area (Å²) in [6.45, 7) is 6.01. The number of carbonyl (C=O) groups is 1. The van der Waals surface area contributed by atoms with E-state index in [9.17, 15) is 9.59 Å². The fraction of sp³-hybridized carbons (Fsp3) is 0.250. The monoisotopic (exact) mass is 523 g/mol. The lowest BCUT2D eigenvalue weighted by atomic mass is 10.1. The van der Waals surface area contributed by atoms with Crippen LogP contribution < -0.4 is 10.9 Å². The minimum Gasteiger partial charge on any atom is -0.326 e. The van der Waals surface area contributed by atoms with Crippen molar-refractivity contribution in [3.63, 3.8) is 0 Å². The summed E-state index contributed by atoms with van der Waals surface area (Å²) in [6.07, 6.45) is 1.77. The topological polar surface area (TPSA) is 81.8 Å². The predicted octanol–water partition coefficient (Wildman–Crippen LogP) is 4.95. The smallest absolute Gasteiger partial charge is 0.265 e. The molecule has 2 aromatic carbocycles. The molecule has 1 unspecified atom stereocenters. The molecule has 2 aromatic heterocycles. The number of amides is 1. The average molecular weight is 524 g/mol. The van der Waals surface area contributed by atoms with Gasteiger partial charge in [0.1, 0.15) is 5.39 Å². The number of thioether (sulfide) groups is 1. The third-order valence-electron chi connectivity index (χ3n) is 5.83. The molecule has 0 spiro atoms.